The minimum absolute atomic E-state index is 0.176. The summed E-state index contributed by atoms with van der Waals surface area (Å²) in [5.41, 5.74) is 0.777. The number of H-pyrrole nitrogens is 1. The Morgan fingerprint density at radius 3 is 2.82 bits per heavy atom. The molecule has 1 saturated carbocycles. The van der Waals surface area contributed by atoms with Gasteiger partial charge in [-0.1, -0.05) is 12.8 Å². The van der Waals surface area contributed by atoms with Crippen LogP contribution in [0.15, 0.2) is 4.79 Å². The summed E-state index contributed by atoms with van der Waals surface area (Å²) in [6.07, 6.45) is 3.87. The minimum atomic E-state index is -0.949. The Balaban J connectivity index is 2.24. The second-order valence-electron chi connectivity index (χ2n) is 4.63. The van der Waals surface area contributed by atoms with Gasteiger partial charge in [-0.15, -0.1) is 0 Å². The van der Waals surface area contributed by atoms with E-state index in [4.69, 9.17) is 5.11 Å². The lowest BCUT2D eigenvalue weighted by atomic mass is 10.1. The lowest BCUT2D eigenvalue weighted by molar-refractivity contribution is -0.136. The van der Waals surface area contributed by atoms with Gasteiger partial charge in [-0.05, 0) is 25.7 Å². The molecule has 0 unspecified atom stereocenters. The number of hydrogen-bond acceptors (Lipinski definition) is 3. The van der Waals surface area contributed by atoms with E-state index in [2.05, 4.69) is 9.97 Å². The Morgan fingerprint density at radius 1 is 1.53 bits per heavy atom. The van der Waals surface area contributed by atoms with Crippen molar-refractivity contribution in [3.05, 3.63) is 27.4 Å². The fourth-order valence-electron chi connectivity index (χ4n) is 1.97. The van der Waals surface area contributed by atoms with Crippen molar-refractivity contribution < 1.29 is 9.90 Å². The van der Waals surface area contributed by atoms with Gasteiger partial charge in [-0.3, -0.25) is 9.59 Å². The zero-order valence-corrected chi connectivity index (χ0v) is 9.82. The molecule has 1 aromatic rings. The highest BCUT2D eigenvalue weighted by Gasteiger charge is 2.22. The molecule has 1 heterocycles. The summed E-state index contributed by atoms with van der Waals surface area (Å²) in [6.45, 7) is 1.66. The number of nitrogens with one attached hydrogen (secondary N) is 1. The molecule has 0 aliphatic heterocycles. The summed E-state index contributed by atoms with van der Waals surface area (Å²) in [6, 6.07) is 0. The summed E-state index contributed by atoms with van der Waals surface area (Å²) in [7, 11) is 0. The molecule has 2 N–H and O–H groups in total. The number of aliphatic carboxylic acids is 1. The molecule has 1 aromatic heterocycles. The largest absolute Gasteiger partial charge is 0.481 e. The van der Waals surface area contributed by atoms with Crippen molar-refractivity contribution in [1.29, 1.82) is 0 Å². The molecule has 0 bridgehead atoms. The van der Waals surface area contributed by atoms with Crippen LogP contribution >= 0.6 is 0 Å². The van der Waals surface area contributed by atoms with E-state index in [1.807, 2.05) is 0 Å². The lowest BCUT2D eigenvalue weighted by Gasteiger charge is -2.06. The molecule has 1 aliphatic rings. The average Bonchev–Trinajstić information content (AvgIpc) is 2.98. The Labute approximate surface area is 98.9 Å². The second kappa shape index (κ2) is 4.69. The highest BCUT2D eigenvalue weighted by atomic mass is 16.4. The van der Waals surface area contributed by atoms with Gasteiger partial charge in [0.15, 0.2) is 0 Å². The summed E-state index contributed by atoms with van der Waals surface area (Å²) in [5.74, 6) is 0.241. The summed E-state index contributed by atoms with van der Waals surface area (Å²) >= 11 is 0. The standard InChI is InChI=1S/C12H16N2O3/c1-7-13-10(6-11(15)16)9(12(17)14-7)5-4-8-2-3-8/h8H,2-6H2,1H3,(H,15,16)(H,13,14,17). The van der Waals surface area contributed by atoms with Crippen LogP contribution in [-0.2, 0) is 17.6 Å². The molecule has 1 fully saturated rings. The van der Waals surface area contributed by atoms with Crippen molar-refractivity contribution in [1.82, 2.24) is 9.97 Å². The van der Waals surface area contributed by atoms with Gasteiger partial charge in [-0.25, -0.2) is 4.98 Å². The van der Waals surface area contributed by atoms with Crippen molar-refractivity contribution in [2.45, 2.75) is 39.0 Å². The van der Waals surface area contributed by atoms with Gasteiger partial charge in [0.2, 0.25) is 0 Å². The summed E-state index contributed by atoms with van der Waals surface area (Å²) in [4.78, 5) is 29.3. The first kappa shape index (κ1) is 11.8. The molecule has 0 amide bonds. The smallest absolute Gasteiger partial charge is 0.309 e. The molecule has 0 atom stereocenters. The van der Waals surface area contributed by atoms with Crippen LogP contribution in [0.4, 0.5) is 0 Å². The average molecular weight is 236 g/mol. The van der Waals surface area contributed by atoms with Crippen LogP contribution in [0.1, 0.15) is 36.3 Å². The first-order valence-electron chi connectivity index (χ1n) is 5.86. The molecule has 0 aromatic carbocycles. The number of aromatic nitrogens is 2. The maximum Gasteiger partial charge on any atom is 0.309 e. The van der Waals surface area contributed by atoms with Crippen LogP contribution < -0.4 is 5.56 Å². The van der Waals surface area contributed by atoms with E-state index in [0.29, 0.717) is 29.4 Å². The molecule has 1 aliphatic carbocycles. The van der Waals surface area contributed by atoms with E-state index in [1.54, 1.807) is 6.92 Å². The van der Waals surface area contributed by atoms with Crippen molar-refractivity contribution >= 4 is 5.97 Å². The van der Waals surface area contributed by atoms with Crippen LogP contribution in [0, 0.1) is 12.8 Å². The third kappa shape index (κ3) is 3.15. The molecule has 5 nitrogen and oxygen atoms in total. The molecule has 2 rings (SSSR count). The number of carboxylic acid groups (broad SMARTS) is 1. The summed E-state index contributed by atoms with van der Waals surface area (Å²) in [5, 5.41) is 8.81. The predicted octanol–water partition coefficient (Wildman–Crippen LogP) is 1.05. The van der Waals surface area contributed by atoms with Crippen molar-refractivity contribution in [2.24, 2.45) is 5.92 Å². The van der Waals surface area contributed by atoms with E-state index < -0.39 is 5.97 Å². The predicted molar refractivity (Wildman–Crippen MR) is 62.0 cm³/mol. The van der Waals surface area contributed by atoms with Gasteiger partial charge in [0.05, 0.1) is 12.1 Å². The van der Waals surface area contributed by atoms with Gasteiger partial charge < -0.3 is 10.1 Å². The summed E-state index contributed by atoms with van der Waals surface area (Å²) < 4.78 is 0. The molecular formula is C12H16N2O3. The van der Waals surface area contributed by atoms with Crippen LogP contribution in [0.2, 0.25) is 0 Å². The molecule has 17 heavy (non-hydrogen) atoms. The van der Waals surface area contributed by atoms with Crippen LogP contribution in [-0.4, -0.2) is 21.0 Å². The number of aromatic amines is 1. The fourth-order valence-corrected chi connectivity index (χ4v) is 1.97. The molecule has 5 heteroatoms. The van der Waals surface area contributed by atoms with Crippen LogP contribution in [0.25, 0.3) is 0 Å². The van der Waals surface area contributed by atoms with E-state index in [-0.39, 0.29) is 12.0 Å². The first-order valence-corrected chi connectivity index (χ1v) is 5.86. The molecule has 0 spiro atoms. The Bertz CT molecular complexity index is 489. The van der Waals surface area contributed by atoms with E-state index in [0.717, 1.165) is 6.42 Å². The Hall–Kier alpha value is -1.65. The second-order valence-corrected chi connectivity index (χ2v) is 4.63. The quantitative estimate of drug-likeness (QED) is 0.800. The van der Waals surface area contributed by atoms with Crippen LogP contribution in [0.5, 0.6) is 0 Å². The maximum atomic E-state index is 11.8. The lowest BCUT2D eigenvalue weighted by Crippen LogP contribution is -2.21. The van der Waals surface area contributed by atoms with Gasteiger partial charge in [0, 0.05) is 5.56 Å². The zero-order valence-electron chi connectivity index (χ0n) is 9.82. The molecule has 0 saturated heterocycles. The number of aryl methyl sites for hydroxylation is 1. The fraction of sp³-hybridized carbons (Fsp3) is 0.583. The zero-order chi connectivity index (χ0) is 12.4. The Kier molecular flexibility index (Phi) is 3.26. The maximum absolute atomic E-state index is 11.8. The van der Waals surface area contributed by atoms with Gasteiger partial charge in [0.25, 0.3) is 5.56 Å². The third-order valence-electron chi connectivity index (χ3n) is 3.04. The normalized spacial score (nSPS) is 14.9. The van der Waals surface area contributed by atoms with Crippen molar-refractivity contribution in [3.63, 3.8) is 0 Å². The van der Waals surface area contributed by atoms with Gasteiger partial charge >= 0.3 is 5.97 Å². The Morgan fingerprint density at radius 2 is 2.24 bits per heavy atom. The number of carbonyl (C=O) groups is 1. The van der Waals surface area contributed by atoms with E-state index in [9.17, 15) is 9.59 Å². The van der Waals surface area contributed by atoms with Crippen LogP contribution in [0.3, 0.4) is 0 Å². The molecular weight excluding hydrogens is 220 g/mol. The topological polar surface area (TPSA) is 83.0 Å². The highest BCUT2D eigenvalue weighted by Crippen LogP contribution is 2.33. The van der Waals surface area contributed by atoms with E-state index >= 15 is 0 Å². The molecule has 92 valence electrons. The monoisotopic (exact) mass is 236 g/mol. The number of hydrogen-bond donors (Lipinski definition) is 2. The third-order valence-corrected chi connectivity index (χ3v) is 3.04. The highest BCUT2D eigenvalue weighted by molar-refractivity contribution is 5.69. The molecule has 0 radical (unpaired) electrons. The number of carboxylic acids is 1. The number of nitrogens with zero attached hydrogens (tertiary/aromatic N) is 1. The van der Waals surface area contributed by atoms with Gasteiger partial charge in [-0.2, -0.15) is 0 Å². The number of rotatable bonds is 5. The van der Waals surface area contributed by atoms with E-state index in [1.165, 1.54) is 12.8 Å². The minimum Gasteiger partial charge on any atom is -0.481 e. The van der Waals surface area contributed by atoms with Crippen molar-refractivity contribution in [2.75, 3.05) is 0 Å². The van der Waals surface area contributed by atoms with Crippen molar-refractivity contribution in [3.8, 4) is 0 Å². The SMILES string of the molecule is Cc1nc(CC(=O)O)c(CCC2CC2)c(=O)[nH]1. The first-order chi connectivity index (χ1) is 8.06. The van der Waals surface area contributed by atoms with Gasteiger partial charge in [0.1, 0.15) is 5.82 Å².